The van der Waals surface area contributed by atoms with Crippen LogP contribution in [0.15, 0.2) is 18.5 Å². The van der Waals surface area contributed by atoms with Crippen molar-refractivity contribution < 1.29 is 0 Å². The molecule has 0 aliphatic carbocycles. The molecule has 2 aromatic rings. The van der Waals surface area contributed by atoms with Crippen LogP contribution < -0.4 is 0 Å². The molecule has 2 aromatic heterocycles. The molecule has 9 heavy (non-hydrogen) atoms. The number of aromatic nitrogens is 3. The molecule has 0 saturated carbocycles. The molecule has 2 rings (SSSR count). The van der Waals surface area contributed by atoms with Crippen LogP contribution >= 0.6 is 11.7 Å². The number of pyridine rings is 1. The molecule has 44 valence electrons. The highest BCUT2D eigenvalue weighted by molar-refractivity contribution is 7.00. The Hall–Kier alpha value is -1.03. The zero-order chi connectivity index (χ0) is 6.10. The summed E-state index contributed by atoms with van der Waals surface area (Å²) in [5.41, 5.74) is 1.80. The summed E-state index contributed by atoms with van der Waals surface area (Å²) >= 11 is 1.21. The van der Waals surface area contributed by atoms with Gasteiger partial charge >= 0.3 is 0 Å². The normalized spacial score (nSPS) is 10.2. The maximum atomic E-state index is 4.01. The largest absolute Gasteiger partial charge is 0.262 e. The molecule has 0 aromatic carbocycles. The van der Waals surface area contributed by atoms with E-state index in [1.165, 1.54) is 11.7 Å². The van der Waals surface area contributed by atoms with Crippen molar-refractivity contribution in [1.82, 2.24) is 13.7 Å². The summed E-state index contributed by atoms with van der Waals surface area (Å²) in [5, 5.41) is 0. The van der Waals surface area contributed by atoms with Crippen LogP contribution in [0.4, 0.5) is 0 Å². The second kappa shape index (κ2) is 1.73. The molecule has 0 bridgehead atoms. The molecule has 0 aliphatic heterocycles. The Morgan fingerprint density at radius 2 is 2.11 bits per heavy atom. The number of fused-ring (bicyclic) bond motifs is 1. The van der Waals surface area contributed by atoms with Gasteiger partial charge in [0.05, 0.1) is 17.9 Å². The van der Waals surface area contributed by atoms with Crippen LogP contribution in [0.2, 0.25) is 0 Å². The van der Waals surface area contributed by atoms with E-state index >= 15 is 0 Å². The Kier molecular flexibility index (Phi) is 0.927. The molecular formula is C5H3N3S. The third-order valence-electron chi connectivity index (χ3n) is 1.06. The van der Waals surface area contributed by atoms with Crippen molar-refractivity contribution in [3.05, 3.63) is 18.5 Å². The van der Waals surface area contributed by atoms with Crippen LogP contribution in [0.1, 0.15) is 0 Å². The molecule has 0 saturated heterocycles. The first-order valence-electron chi connectivity index (χ1n) is 2.49. The molecule has 0 spiro atoms. The summed E-state index contributed by atoms with van der Waals surface area (Å²) in [4.78, 5) is 3.89. The zero-order valence-electron chi connectivity index (χ0n) is 4.48. The molecular weight excluding hydrogens is 134 g/mol. The highest BCUT2D eigenvalue weighted by atomic mass is 32.1. The van der Waals surface area contributed by atoms with Crippen molar-refractivity contribution in [2.75, 3.05) is 0 Å². The topological polar surface area (TPSA) is 38.7 Å². The van der Waals surface area contributed by atoms with Gasteiger partial charge in [0.1, 0.15) is 11.0 Å². The van der Waals surface area contributed by atoms with E-state index in [9.17, 15) is 0 Å². The SMILES string of the molecule is c1cc2nsnc2cn1. The minimum absolute atomic E-state index is 0.877. The van der Waals surface area contributed by atoms with Crippen LogP contribution in [0.3, 0.4) is 0 Å². The number of nitrogens with zero attached hydrogens (tertiary/aromatic N) is 3. The molecule has 0 unspecified atom stereocenters. The third kappa shape index (κ3) is 0.675. The lowest BCUT2D eigenvalue weighted by atomic mass is 10.4. The summed E-state index contributed by atoms with van der Waals surface area (Å²) in [6.45, 7) is 0. The predicted molar refractivity (Wildman–Crippen MR) is 35.2 cm³/mol. The summed E-state index contributed by atoms with van der Waals surface area (Å²) in [6, 6.07) is 1.85. The number of hydrogen-bond acceptors (Lipinski definition) is 4. The van der Waals surface area contributed by atoms with Crippen LogP contribution in [0.5, 0.6) is 0 Å². The molecule has 4 heteroatoms. The van der Waals surface area contributed by atoms with Crippen molar-refractivity contribution >= 4 is 22.8 Å². The van der Waals surface area contributed by atoms with E-state index in [2.05, 4.69) is 13.7 Å². The minimum atomic E-state index is 0.877. The van der Waals surface area contributed by atoms with Crippen molar-refractivity contribution in [1.29, 1.82) is 0 Å². The van der Waals surface area contributed by atoms with E-state index in [1.54, 1.807) is 12.4 Å². The molecule has 0 radical (unpaired) electrons. The van der Waals surface area contributed by atoms with Crippen LogP contribution in [0, 0.1) is 0 Å². The minimum Gasteiger partial charge on any atom is -0.262 e. The Balaban J connectivity index is 2.95. The average molecular weight is 137 g/mol. The monoisotopic (exact) mass is 137 g/mol. The molecule has 0 aliphatic rings. The van der Waals surface area contributed by atoms with Gasteiger partial charge in [-0.05, 0) is 6.07 Å². The van der Waals surface area contributed by atoms with E-state index in [0.717, 1.165) is 11.0 Å². The lowest BCUT2D eigenvalue weighted by molar-refractivity contribution is 1.35. The van der Waals surface area contributed by atoms with Gasteiger partial charge in [-0.25, -0.2) is 0 Å². The van der Waals surface area contributed by atoms with Crippen molar-refractivity contribution in [2.24, 2.45) is 0 Å². The van der Waals surface area contributed by atoms with Gasteiger partial charge in [0.15, 0.2) is 0 Å². The number of rotatable bonds is 0. The Morgan fingerprint density at radius 1 is 1.22 bits per heavy atom. The van der Waals surface area contributed by atoms with Gasteiger partial charge < -0.3 is 0 Å². The van der Waals surface area contributed by atoms with Crippen molar-refractivity contribution in [3.8, 4) is 0 Å². The maximum Gasteiger partial charge on any atom is 0.123 e. The summed E-state index contributed by atoms with van der Waals surface area (Å²) in [6.07, 6.45) is 3.42. The fraction of sp³-hybridized carbons (Fsp3) is 0. The van der Waals surface area contributed by atoms with Crippen LogP contribution in [-0.4, -0.2) is 13.7 Å². The quantitative estimate of drug-likeness (QED) is 0.545. The summed E-state index contributed by atoms with van der Waals surface area (Å²) in [7, 11) is 0. The molecule has 0 amide bonds. The summed E-state index contributed by atoms with van der Waals surface area (Å²) in [5.74, 6) is 0. The molecule has 0 fully saturated rings. The van der Waals surface area contributed by atoms with Gasteiger partial charge in [-0.15, -0.1) is 0 Å². The number of hydrogen-bond donors (Lipinski definition) is 0. The van der Waals surface area contributed by atoms with Gasteiger partial charge in [0, 0.05) is 6.20 Å². The fourth-order valence-electron chi connectivity index (χ4n) is 0.635. The highest BCUT2D eigenvalue weighted by Gasteiger charge is 1.92. The molecule has 0 N–H and O–H groups in total. The van der Waals surface area contributed by atoms with Crippen molar-refractivity contribution in [2.45, 2.75) is 0 Å². The first-order chi connectivity index (χ1) is 4.47. The first-order valence-corrected chi connectivity index (χ1v) is 3.22. The van der Waals surface area contributed by atoms with E-state index in [-0.39, 0.29) is 0 Å². The van der Waals surface area contributed by atoms with E-state index in [0.29, 0.717) is 0 Å². The van der Waals surface area contributed by atoms with Gasteiger partial charge in [-0.3, -0.25) is 4.98 Å². The highest BCUT2D eigenvalue weighted by Crippen LogP contribution is 2.06. The van der Waals surface area contributed by atoms with Gasteiger partial charge in [-0.2, -0.15) is 8.75 Å². The van der Waals surface area contributed by atoms with E-state index in [1.807, 2.05) is 6.07 Å². The molecule has 0 atom stereocenters. The van der Waals surface area contributed by atoms with Crippen LogP contribution in [-0.2, 0) is 0 Å². The van der Waals surface area contributed by atoms with E-state index in [4.69, 9.17) is 0 Å². The van der Waals surface area contributed by atoms with E-state index < -0.39 is 0 Å². The van der Waals surface area contributed by atoms with Gasteiger partial charge in [-0.1, -0.05) is 0 Å². The Bertz CT molecular complexity index is 286. The zero-order valence-corrected chi connectivity index (χ0v) is 5.30. The smallest absolute Gasteiger partial charge is 0.123 e. The van der Waals surface area contributed by atoms with Gasteiger partial charge in [0.2, 0.25) is 0 Å². The lowest BCUT2D eigenvalue weighted by Gasteiger charge is -1.78. The summed E-state index contributed by atoms with van der Waals surface area (Å²) < 4.78 is 8.00. The molecule has 3 nitrogen and oxygen atoms in total. The standard InChI is InChI=1S/C5H3N3S/c1-2-6-3-5-4(1)7-9-8-5/h1-3H. The molecule has 2 heterocycles. The van der Waals surface area contributed by atoms with Crippen LogP contribution in [0.25, 0.3) is 11.0 Å². The second-order valence-electron chi connectivity index (χ2n) is 1.63. The first kappa shape index (κ1) is 4.81. The third-order valence-corrected chi connectivity index (χ3v) is 1.61. The van der Waals surface area contributed by atoms with Crippen molar-refractivity contribution in [3.63, 3.8) is 0 Å². The Morgan fingerprint density at radius 3 is 3.00 bits per heavy atom. The lowest BCUT2D eigenvalue weighted by Crippen LogP contribution is -1.69. The average Bonchev–Trinajstić information content (AvgIpc) is 2.33. The second-order valence-corrected chi connectivity index (χ2v) is 2.16. The predicted octanol–water partition coefficient (Wildman–Crippen LogP) is 1.09. The van der Waals surface area contributed by atoms with Gasteiger partial charge in [0.25, 0.3) is 0 Å². The Labute approximate surface area is 55.7 Å². The fourth-order valence-corrected chi connectivity index (χ4v) is 1.15. The maximum absolute atomic E-state index is 4.01.